The van der Waals surface area contributed by atoms with E-state index < -0.39 is 0 Å². The molecule has 1 aromatic carbocycles. The highest BCUT2D eigenvalue weighted by atomic mass is 16.5. The Morgan fingerprint density at radius 2 is 1.80 bits per heavy atom. The molecular weight excluding hydrogens is 184 g/mol. The van der Waals surface area contributed by atoms with Crippen LogP contribution in [0.4, 0.5) is 0 Å². The van der Waals surface area contributed by atoms with Gasteiger partial charge in [0.1, 0.15) is 11.5 Å². The summed E-state index contributed by atoms with van der Waals surface area (Å²) in [6.45, 7) is 4.19. The molecule has 0 saturated heterocycles. The fourth-order valence-corrected chi connectivity index (χ4v) is 1.67. The number of allylic oxidation sites excluding steroid dienone is 4. The van der Waals surface area contributed by atoms with E-state index in [9.17, 15) is 0 Å². The number of hydrogen-bond donors (Lipinski definition) is 0. The van der Waals surface area contributed by atoms with Crippen molar-refractivity contribution >= 4 is 0 Å². The average Bonchev–Trinajstić information content (AvgIpc) is 2.22. The van der Waals surface area contributed by atoms with Crippen LogP contribution in [0.3, 0.4) is 0 Å². The summed E-state index contributed by atoms with van der Waals surface area (Å²) in [7, 11) is 0. The minimum atomic E-state index is 0.932. The van der Waals surface area contributed by atoms with Crippen molar-refractivity contribution in [2.24, 2.45) is 0 Å². The van der Waals surface area contributed by atoms with Crippen LogP contribution in [0.2, 0.25) is 0 Å². The van der Waals surface area contributed by atoms with E-state index in [-0.39, 0.29) is 0 Å². The molecular formula is C14H16O. The highest BCUT2D eigenvalue weighted by Crippen LogP contribution is 2.21. The first-order chi connectivity index (χ1) is 7.24. The Hall–Kier alpha value is -1.50. The highest BCUT2D eigenvalue weighted by Gasteiger charge is 2.04. The summed E-state index contributed by atoms with van der Waals surface area (Å²) in [6, 6.07) is 8.18. The third-order valence-electron chi connectivity index (χ3n) is 2.52. The van der Waals surface area contributed by atoms with E-state index in [1.807, 2.05) is 12.1 Å². The normalized spacial score (nSPS) is 15.6. The van der Waals surface area contributed by atoms with Crippen LogP contribution < -0.4 is 4.74 Å². The lowest BCUT2D eigenvalue weighted by molar-refractivity contribution is 0.401. The predicted octanol–water partition coefficient (Wildman–Crippen LogP) is 4.00. The van der Waals surface area contributed by atoms with E-state index >= 15 is 0 Å². The minimum Gasteiger partial charge on any atom is -0.462 e. The number of rotatable bonds is 2. The summed E-state index contributed by atoms with van der Waals surface area (Å²) in [5, 5.41) is 0. The van der Waals surface area contributed by atoms with Gasteiger partial charge in [0, 0.05) is 6.42 Å². The van der Waals surface area contributed by atoms with Crippen molar-refractivity contribution < 1.29 is 4.74 Å². The molecule has 1 nitrogen and oxygen atoms in total. The predicted molar refractivity (Wildman–Crippen MR) is 62.9 cm³/mol. The van der Waals surface area contributed by atoms with Gasteiger partial charge in [0.25, 0.3) is 0 Å². The molecule has 0 bridgehead atoms. The summed E-state index contributed by atoms with van der Waals surface area (Å²) in [5.41, 5.74) is 2.56. The van der Waals surface area contributed by atoms with Gasteiger partial charge in [-0.05, 0) is 38.5 Å². The maximum atomic E-state index is 5.80. The molecule has 0 saturated carbocycles. The zero-order valence-corrected chi connectivity index (χ0v) is 9.29. The van der Waals surface area contributed by atoms with Gasteiger partial charge in [-0.25, -0.2) is 0 Å². The van der Waals surface area contributed by atoms with Crippen molar-refractivity contribution in [3.8, 4) is 5.75 Å². The van der Waals surface area contributed by atoms with Crippen molar-refractivity contribution in [2.45, 2.75) is 26.7 Å². The van der Waals surface area contributed by atoms with Gasteiger partial charge in [0.05, 0.1) is 0 Å². The Morgan fingerprint density at radius 3 is 2.47 bits per heavy atom. The van der Waals surface area contributed by atoms with E-state index in [0.29, 0.717) is 0 Å². The van der Waals surface area contributed by atoms with Crippen LogP contribution in [0, 0.1) is 6.92 Å². The van der Waals surface area contributed by atoms with Gasteiger partial charge in [0.15, 0.2) is 0 Å². The van der Waals surface area contributed by atoms with Gasteiger partial charge in [-0.1, -0.05) is 29.3 Å². The summed E-state index contributed by atoms with van der Waals surface area (Å²) >= 11 is 0. The van der Waals surface area contributed by atoms with E-state index in [0.717, 1.165) is 24.4 Å². The van der Waals surface area contributed by atoms with Crippen LogP contribution >= 0.6 is 0 Å². The smallest absolute Gasteiger partial charge is 0.126 e. The molecule has 0 unspecified atom stereocenters. The quantitative estimate of drug-likeness (QED) is 0.701. The lowest BCUT2D eigenvalue weighted by atomic mass is 10.1. The average molecular weight is 200 g/mol. The molecule has 0 aliphatic heterocycles. The van der Waals surface area contributed by atoms with Gasteiger partial charge in [-0.2, -0.15) is 0 Å². The van der Waals surface area contributed by atoms with Crippen LogP contribution in [0.25, 0.3) is 0 Å². The first-order valence-corrected chi connectivity index (χ1v) is 5.36. The molecule has 2 rings (SSSR count). The third-order valence-corrected chi connectivity index (χ3v) is 2.52. The van der Waals surface area contributed by atoms with Crippen LogP contribution in [0.15, 0.2) is 47.7 Å². The number of aryl methyl sites for hydroxylation is 1. The second-order valence-electron chi connectivity index (χ2n) is 4.01. The topological polar surface area (TPSA) is 9.23 Å². The fraction of sp³-hybridized carbons (Fsp3) is 0.286. The largest absolute Gasteiger partial charge is 0.462 e. The fourth-order valence-electron chi connectivity index (χ4n) is 1.67. The third kappa shape index (κ3) is 2.72. The van der Waals surface area contributed by atoms with Crippen LogP contribution in [-0.2, 0) is 0 Å². The molecule has 1 aromatic rings. The molecule has 0 aromatic heterocycles. The summed E-state index contributed by atoms with van der Waals surface area (Å²) in [4.78, 5) is 0. The monoisotopic (exact) mass is 200 g/mol. The molecule has 0 spiro atoms. The second-order valence-corrected chi connectivity index (χ2v) is 4.01. The minimum absolute atomic E-state index is 0.932. The van der Waals surface area contributed by atoms with Gasteiger partial charge < -0.3 is 4.74 Å². The van der Waals surface area contributed by atoms with Gasteiger partial charge in [-0.15, -0.1) is 0 Å². The Balaban J connectivity index is 2.09. The maximum Gasteiger partial charge on any atom is 0.126 e. The summed E-state index contributed by atoms with van der Waals surface area (Å²) in [5.74, 6) is 2.00. The van der Waals surface area contributed by atoms with E-state index in [1.54, 1.807) is 0 Å². The molecule has 0 radical (unpaired) electrons. The first-order valence-electron chi connectivity index (χ1n) is 5.36. The molecule has 15 heavy (non-hydrogen) atoms. The molecule has 1 aliphatic carbocycles. The number of ether oxygens (including phenoxy) is 1. The lowest BCUT2D eigenvalue weighted by Crippen LogP contribution is -1.99. The van der Waals surface area contributed by atoms with Crippen molar-refractivity contribution in [3.05, 3.63) is 53.3 Å². The van der Waals surface area contributed by atoms with Crippen LogP contribution in [0.1, 0.15) is 25.3 Å². The molecule has 78 valence electrons. The Labute approximate surface area is 91.1 Å². The Bertz CT molecular complexity index is 396. The van der Waals surface area contributed by atoms with E-state index in [4.69, 9.17) is 4.74 Å². The SMILES string of the molecule is CC1=CCCC(Oc2ccc(C)cc2)=C1. The summed E-state index contributed by atoms with van der Waals surface area (Å²) < 4.78 is 5.80. The highest BCUT2D eigenvalue weighted by molar-refractivity contribution is 5.30. The van der Waals surface area contributed by atoms with Crippen molar-refractivity contribution in [1.82, 2.24) is 0 Å². The Kier molecular flexibility index (Phi) is 2.91. The molecule has 0 fully saturated rings. The first kappa shape index (κ1) is 10.0. The van der Waals surface area contributed by atoms with Crippen LogP contribution in [-0.4, -0.2) is 0 Å². The lowest BCUT2D eigenvalue weighted by Gasteiger charge is -2.13. The molecule has 1 aliphatic rings. The standard InChI is InChI=1S/C14H16O/c1-11-6-8-13(9-7-11)15-14-5-3-4-12(2)10-14/h4,6-10H,3,5H2,1-2H3. The number of benzene rings is 1. The van der Waals surface area contributed by atoms with Gasteiger partial charge >= 0.3 is 0 Å². The molecule has 0 amide bonds. The van der Waals surface area contributed by atoms with Crippen molar-refractivity contribution in [3.63, 3.8) is 0 Å². The van der Waals surface area contributed by atoms with Gasteiger partial charge in [0.2, 0.25) is 0 Å². The molecule has 1 heteroatoms. The maximum absolute atomic E-state index is 5.80. The van der Waals surface area contributed by atoms with E-state index in [2.05, 4.69) is 38.1 Å². The van der Waals surface area contributed by atoms with Crippen molar-refractivity contribution in [2.75, 3.05) is 0 Å². The van der Waals surface area contributed by atoms with E-state index in [1.165, 1.54) is 11.1 Å². The molecule has 0 N–H and O–H groups in total. The zero-order chi connectivity index (χ0) is 10.7. The Morgan fingerprint density at radius 1 is 1.07 bits per heavy atom. The van der Waals surface area contributed by atoms with Crippen molar-refractivity contribution in [1.29, 1.82) is 0 Å². The zero-order valence-electron chi connectivity index (χ0n) is 9.29. The summed E-state index contributed by atoms with van der Waals surface area (Å²) in [6.07, 6.45) is 6.44. The second kappa shape index (κ2) is 4.35. The molecule has 0 atom stereocenters. The van der Waals surface area contributed by atoms with Gasteiger partial charge in [-0.3, -0.25) is 0 Å². The molecule has 0 heterocycles. The number of hydrogen-bond acceptors (Lipinski definition) is 1. The van der Waals surface area contributed by atoms with Crippen LogP contribution in [0.5, 0.6) is 5.75 Å².